The molecule has 0 radical (unpaired) electrons. The first-order valence-corrected chi connectivity index (χ1v) is 6.51. The molecular weight excluding hydrogens is 281 g/mol. The van der Waals surface area contributed by atoms with Crippen molar-refractivity contribution in [3.8, 4) is 5.75 Å². The quantitative estimate of drug-likeness (QED) is 0.658. The summed E-state index contributed by atoms with van der Waals surface area (Å²) in [5, 5.41) is 28.4. The van der Waals surface area contributed by atoms with Gasteiger partial charge in [0.15, 0.2) is 0 Å². The summed E-state index contributed by atoms with van der Waals surface area (Å²) in [6.07, 6.45) is -3.09. The fourth-order valence-electron chi connectivity index (χ4n) is 2.56. The highest BCUT2D eigenvalue weighted by Gasteiger charge is 2.67. The molecule has 116 valence electrons. The molecule has 0 saturated carbocycles. The van der Waals surface area contributed by atoms with Gasteiger partial charge in [-0.15, -0.1) is 0 Å². The number of benzene rings is 1. The second-order valence-electron chi connectivity index (χ2n) is 5.01. The van der Waals surface area contributed by atoms with Crippen molar-refractivity contribution in [1.82, 2.24) is 0 Å². The van der Waals surface area contributed by atoms with Crippen LogP contribution in [0.2, 0.25) is 0 Å². The third-order valence-corrected chi connectivity index (χ3v) is 3.77. The topological polar surface area (TPSA) is 90.2 Å². The number of aliphatic hydroxyl groups is 3. The number of amides is 1. The van der Waals surface area contributed by atoms with Crippen molar-refractivity contribution < 1.29 is 29.2 Å². The number of rotatable bonds is 5. The molecule has 6 nitrogen and oxygen atoms in total. The van der Waals surface area contributed by atoms with E-state index in [-0.39, 0.29) is 0 Å². The lowest BCUT2D eigenvalue weighted by Crippen LogP contribution is -2.79. The summed E-state index contributed by atoms with van der Waals surface area (Å²) < 4.78 is 19.7. The number of ether oxygens (including phenoxy) is 1. The van der Waals surface area contributed by atoms with Crippen LogP contribution in [-0.2, 0) is 4.79 Å². The van der Waals surface area contributed by atoms with E-state index in [1.165, 1.54) is 19.2 Å². The summed E-state index contributed by atoms with van der Waals surface area (Å²) in [7, 11) is 1.49. The summed E-state index contributed by atoms with van der Waals surface area (Å²) >= 11 is 0. The molecule has 1 aromatic carbocycles. The van der Waals surface area contributed by atoms with Gasteiger partial charge in [0.25, 0.3) is 5.91 Å². The Bertz CT molecular complexity index is 521. The first kappa shape index (κ1) is 15.7. The summed E-state index contributed by atoms with van der Waals surface area (Å²) in [5.74, 6) is -0.381. The molecule has 0 bridgehead atoms. The maximum atomic E-state index is 14.7. The molecule has 1 aromatic rings. The minimum atomic E-state index is -2.61. The zero-order valence-electron chi connectivity index (χ0n) is 11.7. The van der Waals surface area contributed by atoms with E-state index < -0.39 is 36.4 Å². The van der Waals surface area contributed by atoms with Crippen molar-refractivity contribution in [3.05, 3.63) is 24.3 Å². The van der Waals surface area contributed by atoms with Crippen LogP contribution >= 0.6 is 0 Å². The van der Waals surface area contributed by atoms with Gasteiger partial charge in [0.05, 0.1) is 19.8 Å². The van der Waals surface area contributed by atoms with E-state index in [1.54, 1.807) is 12.1 Å². The Morgan fingerprint density at radius 3 is 2.38 bits per heavy atom. The molecular formula is C14H18FNO5. The van der Waals surface area contributed by atoms with Gasteiger partial charge in [-0.05, 0) is 31.2 Å². The van der Waals surface area contributed by atoms with Crippen LogP contribution in [0, 0.1) is 0 Å². The van der Waals surface area contributed by atoms with Crippen molar-refractivity contribution in [2.45, 2.75) is 30.8 Å². The van der Waals surface area contributed by atoms with E-state index >= 15 is 0 Å². The van der Waals surface area contributed by atoms with E-state index in [1.807, 2.05) is 0 Å². The predicted molar refractivity (Wildman–Crippen MR) is 72.9 cm³/mol. The van der Waals surface area contributed by atoms with Crippen molar-refractivity contribution in [1.29, 1.82) is 0 Å². The number of hydrogen-bond donors (Lipinski definition) is 3. The molecule has 0 spiro atoms. The number of β-lactam (4-membered cyclic amide) rings is 1. The van der Waals surface area contributed by atoms with Crippen LogP contribution < -0.4 is 9.64 Å². The fraction of sp³-hybridized carbons (Fsp3) is 0.500. The molecule has 0 aromatic heterocycles. The summed E-state index contributed by atoms with van der Waals surface area (Å²) in [6, 6.07) is 4.91. The zero-order chi connectivity index (χ0) is 15.8. The predicted octanol–water partition coefficient (Wildman–Crippen LogP) is -0.147. The molecule has 3 N–H and O–H groups in total. The van der Waals surface area contributed by atoms with Crippen molar-refractivity contribution in [2.24, 2.45) is 0 Å². The van der Waals surface area contributed by atoms with Gasteiger partial charge in [0.2, 0.25) is 5.67 Å². The third-order valence-electron chi connectivity index (χ3n) is 3.77. The Kier molecular flexibility index (Phi) is 4.18. The SMILES string of the molecule is COc1ccc(N2C(=O)[C@@](F)([C@@H](C)O)[C@@H]2[C@H](O)CO)cc1. The standard InChI is InChI=1S/C14H18FNO5/c1-8(18)14(15)12(11(19)7-17)16(13(14)20)9-3-5-10(21-2)6-4-9/h3-6,8,11-12,17-19H,7H2,1-2H3/t8-,11-,12+,14-/m1/s1. The average Bonchev–Trinajstić information content (AvgIpc) is 2.50. The molecule has 21 heavy (non-hydrogen) atoms. The van der Waals surface area contributed by atoms with Gasteiger partial charge in [0, 0.05) is 5.69 Å². The van der Waals surface area contributed by atoms with E-state index in [0.717, 1.165) is 11.8 Å². The van der Waals surface area contributed by atoms with Crippen LogP contribution in [0.5, 0.6) is 5.75 Å². The molecule has 0 aliphatic carbocycles. The highest BCUT2D eigenvalue weighted by atomic mass is 19.1. The highest BCUT2D eigenvalue weighted by Crippen LogP contribution is 2.43. The number of carbonyl (C=O) groups excluding carboxylic acids is 1. The molecule has 1 heterocycles. The first-order chi connectivity index (χ1) is 9.87. The van der Waals surface area contributed by atoms with Gasteiger partial charge in [-0.3, -0.25) is 9.69 Å². The van der Waals surface area contributed by atoms with Gasteiger partial charge < -0.3 is 20.1 Å². The van der Waals surface area contributed by atoms with Gasteiger partial charge in [-0.2, -0.15) is 0 Å². The number of methoxy groups -OCH3 is 1. The van der Waals surface area contributed by atoms with E-state index in [0.29, 0.717) is 11.4 Å². The maximum Gasteiger partial charge on any atom is 0.270 e. The molecule has 2 rings (SSSR count). The van der Waals surface area contributed by atoms with E-state index in [4.69, 9.17) is 9.84 Å². The van der Waals surface area contributed by atoms with Crippen LogP contribution in [0.15, 0.2) is 24.3 Å². The molecule has 1 aliphatic rings. The molecule has 1 fully saturated rings. The first-order valence-electron chi connectivity index (χ1n) is 6.51. The second-order valence-corrected chi connectivity index (χ2v) is 5.01. The third kappa shape index (κ3) is 2.27. The minimum Gasteiger partial charge on any atom is -0.497 e. The number of anilines is 1. The molecule has 1 aliphatic heterocycles. The normalized spacial score (nSPS) is 28.0. The summed E-state index contributed by atoms with van der Waals surface area (Å²) in [4.78, 5) is 13.1. The van der Waals surface area contributed by atoms with Gasteiger partial charge in [-0.1, -0.05) is 0 Å². The van der Waals surface area contributed by atoms with E-state index in [9.17, 15) is 19.4 Å². The fourth-order valence-corrected chi connectivity index (χ4v) is 2.56. The molecule has 1 amide bonds. The Morgan fingerprint density at radius 1 is 1.38 bits per heavy atom. The Balaban J connectivity index is 2.36. The van der Waals surface area contributed by atoms with Crippen LogP contribution in [-0.4, -0.2) is 58.9 Å². The Hall–Kier alpha value is -1.70. The van der Waals surface area contributed by atoms with Crippen molar-refractivity contribution >= 4 is 11.6 Å². The number of alkyl halides is 1. The van der Waals surface area contributed by atoms with Crippen LogP contribution in [0.1, 0.15) is 6.92 Å². The maximum absolute atomic E-state index is 14.7. The van der Waals surface area contributed by atoms with Crippen molar-refractivity contribution in [2.75, 3.05) is 18.6 Å². The molecule has 7 heteroatoms. The van der Waals surface area contributed by atoms with Crippen LogP contribution in [0.3, 0.4) is 0 Å². The van der Waals surface area contributed by atoms with Gasteiger partial charge in [-0.25, -0.2) is 4.39 Å². The molecule has 4 atom stereocenters. The van der Waals surface area contributed by atoms with Crippen LogP contribution in [0.25, 0.3) is 0 Å². The lowest BCUT2D eigenvalue weighted by Gasteiger charge is -2.53. The molecule has 0 unspecified atom stereocenters. The zero-order valence-corrected chi connectivity index (χ0v) is 11.7. The minimum absolute atomic E-state index is 0.354. The number of halogens is 1. The second kappa shape index (κ2) is 5.59. The number of nitrogens with zero attached hydrogens (tertiary/aromatic N) is 1. The lowest BCUT2D eigenvalue weighted by atomic mass is 9.76. The summed E-state index contributed by atoms with van der Waals surface area (Å²) in [5.41, 5.74) is -2.26. The number of hydrogen-bond acceptors (Lipinski definition) is 5. The summed E-state index contributed by atoms with van der Waals surface area (Å²) in [6.45, 7) is 0.420. The number of aliphatic hydroxyl groups excluding tert-OH is 3. The lowest BCUT2D eigenvalue weighted by molar-refractivity contribution is -0.162. The smallest absolute Gasteiger partial charge is 0.270 e. The van der Waals surface area contributed by atoms with Crippen LogP contribution in [0.4, 0.5) is 10.1 Å². The monoisotopic (exact) mass is 299 g/mol. The van der Waals surface area contributed by atoms with E-state index in [2.05, 4.69) is 0 Å². The molecule has 1 saturated heterocycles. The Labute approximate surface area is 121 Å². The highest BCUT2D eigenvalue weighted by molar-refractivity contribution is 6.09. The van der Waals surface area contributed by atoms with Gasteiger partial charge in [0.1, 0.15) is 17.9 Å². The van der Waals surface area contributed by atoms with Gasteiger partial charge >= 0.3 is 0 Å². The Morgan fingerprint density at radius 2 is 1.95 bits per heavy atom. The average molecular weight is 299 g/mol. The van der Waals surface area contributed by atoms with Crippen molar-refractivity contribution in [3.63, 3.8) is 0 Å². The number of carbonyl (C=O) groups is 1. The largest absolute Gasteiger partial charge is 0.497 e.